The zero-order chi connectivity index (χ0) is 21.1. The minimum Gasteiger partial charge on any atom is -0.339 e. The molecule has 9 heteroatoms. The zero-order valence-electron chi connectivity index (χ0n) is 17.0. The highest BCUT2D eigenvalue weighted by molar-refractivity contribution is 7.99. The van der Waals surface area contributed by atoms with Gasteiger partial charge in [-0.1, -0.05) is 46.7 Å². The quantitative estimate of drug-likeness (QED) is 0.319. The van der Waals surface area contributed by atoms with Crippen LogP contribution in [0.5, 0.6) is 0 Å². The van der Waals surface area contributed by atoms with E-state index in [1.807, 2.05) is 19.1 Å². The molecule has 0 amide bonds. The molecule has 0 aliphatic rings. The maximum absolute atomic E-state index is 13.7. The van der Waals surface area contributed by atoms with Crippen molar-refractivity contribution in [2.45, 2.75) is 38.8 Å². The molecular weight excluding hydrogens is 403 g/mol. The molecule has 0 saturated heterocycles. The number of hydrogen-bond acceptors (Lipinski definition) is 7. The zero-order valence-corrected chi connectivity index (χ0v) is 17.8. The van der Waals surface area contributed by atoms with Gasteiger partial charge in [0, 0.05) is 17.7 Å². The van der Waals surface area contributed by atoms with Crippen LogP contribution in [0.4, 0.5) is 4.39 Å². The van der Waals surface area contributed by atoms with Crippen molar-refractivity contribution in [3.8, 4) is 17.1 Å². The second-order valence-corrected chi connectivity index (χ2v) is 8.15. The number of thioether (sulfide) groups is 1. The number of benzene rings is 2. The molecule has 4 rings (SSSR count). The van der Waals surface area contributed by atoms with Crippen molar-refractivity contribution in [3.63, 3.8) is 0 Å². The highest BCUT2D eigenvalue weighted by Crippen LogP contribution is 2.23. The molecule has 0 spiro atoms. The normalized spacial score (nSPS) is 11.2. The van der Waals surface area contributed by atoms with Crippen LogP contribution in [-0.4, -0.2) is 36.1 Å². The summed E-state index contributed by atoms with van der Waals surface area (Å²) in [5, 5.41) is 16.8. The summed E-state index contributed by atoms with van der Waals surface area (Å²) >= 11 is 1.57. The van der Waals surface area contributed by atoms with Crippen molar-refractivity contribution in [1.29, 1.82) is 0 Å². The average Bonchev–Trinajstić information content (AvgIpc) is 3.37. The SMILES string of the molecule is Cc1ccc(-n2nnnc2SCCCc2nc(-c3ccc(C)c(F)c3)no2)c(C)c1. The smallest absolute Gasteiger partial charge is 0.226 e. The lowest BCUT2D eigenvalue weighted by Crippen LogP contribution is -2.02. The van der Waals surface area contributed by atoms with Crippen LogP contribution >= 0.6 is 11.8 Å². The Bertz CT molecular complexity index is 1170. The van der Waals surface area contributed by atoms with Crippen LogP contribution in [0.3, 0.4) is 0 Å². The average molecular weight is 425 g/mol. The van der Waals surface area contributed by atoms with E-state index in [-0.39, 0.29) is 5.82 Å². The van der Waals surface area contributed by atoms with Crippen LogP contribution in [0.2, 0.25) is 0 Å². The van der Waals surface area contributed by atoms with Crippen molar-refractivity contribution in [1.82, 2.24) is 30.3 Å². The molecule has 7 nitrogen and oxygen atoms in total. The summed E-state index contributed by atoms with van der Waals surface area (Å²) in [5.74, 6) is 1.44. The Morgan fingerprint density at radius 3 is 2.73 bits per heavy atom. The Hall–Kier alpha value is -3.07. The molecule has 2 aromatic carbocycles. The molecule has 4 aromatic rings. The fourth-order valence-electron chi connectivity index (χ4n) is 3.06. The Balaban J connectivity index is 1.35. The van der Waals surface area contributed by atoms with Crippen molar-refractivity contribution in [2.75, 3.05) is 5.75 Å². The number of halogens is 1. The first-order chi connectivity index (χ1) is 14.5. The van der Waals surface area contributed by atoms with E-state index in [1.54, 1.807) is 35.5 Å². The van der Waals surface area contributed by atoms with Gasteiger partial charge in [0.25, 0.3) is 0 Å². The van der Waals surface area contributed by atoms with E-state index in [9.17, 15) is 4.39 Å². The molecule has 0 atom stereocenters. The lowest BCUT2D eigenvalue weighted by molar-refractivity contribution is 0.378. The van der Waals surface area contributed by atoms with Crippen molar-refractivity contribution in [2.24, 2.45) is 0 Å². The number of tetrazole rings is 1. The Morgan fingerprint density at radius 2 is 1.93 bits per heavy atom. The standard InChI is InChI=1S/C21H21FN6OS/c1-13-6-9-18(15(3)11-13)28-21(24-26-27-28)30-10-4-5-19-23-20(25-29-19)16-8-7-14(2)17(22)12-16/h6-9,11-12H,4-5,10H2,1-3H3. The number of nitrogens with zero attached hydrogens (tertiary/aromatic N) is 6. The van der Waals surface area contributed by atoms with E-state index in [0.717, 1.165) is 28.6 Å². The minimum absolute atomic E-state index is 0.281. The third-order valence-corrected chi connectivity index (χ3v) is 5.69. The summed E-state index contributed by atoms with van der Waals surface area (Å²) in [6.45, 7) is 5.82. The largest absolute Gasteiger partial charge is 0.339 e. The van der Waals surface area contributed by atoms with Crippen LogP contribution < -0.4 is 0 Å². The Morgan fingerprint density at radius 1 is 1.07 bits per heavy atom. The first-order valence-corrected chi connectivity index (χ1v) is 10.6. The minimum atomic E-state index is -0.281. The molecule has 30 heavy (non-hydrogen) atoms. The lowest BCUT2D eigenvalue weighted by Gasteiger charge is -2.08. The monoisotopic (exact) mass is 424 g/mol. The number of aromatic nitrogens is 6. The molecule has 154 valence electrons. The fraction of sp³-hybridized carbons (Fsp3) is 0.286. The van der Waals surface area contributed by atoms with E-state index < -0.39 is 0 Å². The van der Waals surface area contributed by atoms with Gasteiger partial charge in [0.15, 0.2) is 0 Å². The van der Waals surface area contributed by atoms with Crippen LogP contribution in [0.15, 0.2) is 46.1 Å². The van der Waals surface area contributed by atoms with Crippen LogP contribution in [0, 0.1) is 26.6 Å². The Kier molecular flexibility index (Phi) is 5.89. The Labute approximate surface area is 177 Å². The molecule has 0 unspecified atom stereocenters. The third kappa shape index (κ3) is 4.40. The number of aryl methyl sites for hydroxylation is 4. The van der Waals surface area contributed by atoms with Crippen LogP contribution in [0.25, 0.3) is 17.1 Å². The van der Waals surface area contributed by atoms with Gasteiger partial charge < -0.3 is 4.52 Å². The topological polar surface area (TPSA) is 82.5 Å². The summed E-state index contributed by atoms with van der Waals surface area (Å²) in [7, 11) is 0. The van der Waals surface area contributed by atoms with E-state index >= 15 is 0 Å². The molecule has 2 heterocycles. The van der Waals surface area contributed by atoms with Gasteiger partial charge >= 0.3 is 0 Å². The van der Waals surface area contributed by atoms with Gasteiger partial charge in [-0.25, -0.2) is 4.39 Å². The van der Waals surface area contributed by atoms with Crippen molar-refractivity contribution >= 4 is 11.8 Å². The van der Waals surface area contributed by atoms with Gasteiger partial charge in [0.2, 0.25) is 16.9 Å². The van der Waals surface area contributed by atoms with Gasteiger partial charge in [-0.05, 0) is 60.9 Å². The highest BCUT2D eigenvalue weighted by Gasteiger charge is 2.13. The molecular formula is C21H21FN6OS. The maximum atomic E-state index is 13.7. The second kappa shape index (κ2) is 8.74. The molecule has 0 bridgehead atoms. The number of rotatable bonds is 7. The number of hydrogen-bond donors (Lipinski definition) is 0. The molecule has 0 radical (unpaired) electrons. The molecule has 0 aliphatic carbocycles. The van der Waals surface area contributed by atoms with Crippen LogP contribution in [0.1, 0.15) is 29.0 Å². The van der Waals surface area contributed by atoms with Gasteiger partial charge in [0.1, 0.15) is 5.82 Å². The summed E-state index contributed by atoms with van der Waals surface area (Å²) < 4.78 is 20.8. The van der Waals surface area contributed by atoms with E-state index in [1.165, 1.54) is 11.6 Å². The lowest BCUT2D eigenvalue weighted by atomic mass is 10.1. The van der Waals surface area contributed by atoms with E-state index in [0.29, 0.717) is 29.3 Å². The fourth-order valence-corrected chi connectivity index (χ4v) is 3.88. The van der Waals surface area contributed by atoms with Crippen molar-refractivity contribution in [3.05, 3.63) is 64.8 Å². The summed E-state index contributed by atoms with van der Waals surface area (Å²) in [6.07, 6.45) is 1.44. The van der Waals surface area contributed by atoms with Gasteiger partial charge in [-0.15, -0.1) is 5.10 Å². The molecule has 0 aliphatic heterocycles. The predicted molar refractivity (Wildman–Crippen MR) is 112 cm³/mol. The molecule has 2 aromatic heterocycles. The predicted octanol–water partition coefficient (Wildman–Crippen LogP) is 4.50. The van der Waals surface area contributed by atoms with E-state index in [4.69, 9.17) is 4.52 Å². The van der Waals surface area contributed by atoms with Crippen LogP contribution in [-0.2, 0) is 6.42 Å². The first kappa shape index (κ1) is 20.2. The van der Waals surface area contributed by atoms with Gasteiger partial charge in [-0.2, -0.15) is 9.67 Å². The summed E-state index contributed by atoms with van der Waals surface area (Å²) in [4.78, 5) is 4.37. The summed E-state index contributed by atoms with van der Waals surface area (Å²) in [6, 6.07) is 11.1. The summed E-state index contributed by atoms with van der Waals surface area (Å²) in [5.41, 5.74) is 4.48. The van der Waals surface area contributed by atoms with Crippen molar-refractivity contribution < 1.29 is 8.91 Å². The molecule has 0 saturated carbocycles. The third-order valence-electron chi connectivity index (χ3n) is 4.69. The van der Waals surface area contributed by atoms with E-state index in [2.05, 4.69) is 38.7 Å². The van der Waals surface area contributed by atoms with Gasteiger partial charge in [-0.3, -0.25) is 0 Å². The molecule has 0 N–H and O–H groups in total. The highest BCUT2D eigenvalue weighted by atomic mass is 32.2. The molecule has 0 fully saturated rings. The maximum Gasteiger partial charge on any atom is 0.226 e. The first-order valence-electron chi connectivity index (χ1n) is 9.59. The van der Waals surface area contributed by atoms with Gasteiger partial charge in [0.05, 0.1) is 5.69 Å². The second-order valence-electron chi connectivity index (χ2n) is 7.09.